The van der Waals surface area contributed by atoms with E-state index in [0.717, 1.165) is 66.4 Å². The Morgan fingerprint density at radius 2 is 0.741 bits per heavy atom. The van der Waals surface area contributed by atoms with Gasteiger partial charge < -0.3 is 4.42 Å². The van der Waals surface area contributed by atoms with E-state index < -0.39 is 0 Å². The van der Waals surface area contributed by atoms with Crippen molar-refractivity contribution in [3.05, 3.63) is 146 Å². The van der Waals surface area contributed by atoms with Crippen LogP contribution in [0.15, 0.2) is 150 Å². The van der Waals surface area contributed by atoms with Gasteiger partial charge in [-0.05, 0) is 57.6 Å². The Bertz CT molecular complexity index is 2830. The molecule has 9 aromatic rings. The van der Waals surface area contributed by atoms with Crippen LogP contribution in [0.1, 0.15) is 0 Å². The fourth-order valence-electron chi connectivity index (χ4n) is 6.88. The Morgan fingerprint density at radius 1 is 0.315 bits per heavy atom. The van der Waals surface area contributed by atoms with E-state index in [9.17, 15) is 0 Å². The molecule has 10 radical (unpaired) electrons. The molecule has 0 aliphatic rings. The molecule has 0 amide bonds. The topological polar surface area (TPSA) is 51.8 Å². The molecule has 0 spiro atoms. The maximum absolute atomic E-state index is 6.39. The number of aromatic nitrogens is 3. The molecular formula is C45H24B5N3O. The van der Waals surface area contributed by atoms with E-state index in [4.69, 9.17) is 58.6 Å². The maximum Gasteiger partial charge on any atom is 0.164 e. The monoisotopic (exact) mass is 677 g/mol. The molecule has 2 heterocycles. The normalized spacial score (nSPS) is 11.3. The van der Waals surface area contributed by atoms with E-state index in [2.05, 4.69) is 48.5 Å². The third kappa shape index (κ3) is 5.96. The number of furan rings is 1. The minimum Gasteiger partial charge on any atom is -0.456 e. The largest absolute Gasteiger partial charge is 0.456 e. The Morgan fingerprint density at radius 3 is 1.35 bits per heavy atom. The van der Waals surface area contributed by atoms with Crippen LogP contribution in [-0.4, -0.2) is 54.2 Å². The van der Waals surface area contributed by atoms with E-state index in [1.807, 2.05) is 97.1 Å². The lowest BCUT2D eigenvalue weighted by Gasteiger charge is -2.21. The van der Waals surface area contributed by atoms with Crippen molar-refractivity contribution < 1.29 is 4.42 Å². The van der Waals surface area contributed by atoms with Gasteiger partial charge in [0.15, 0.2) is 17.5 Å². The van der Waals surface area contributed by atoms with Gasteiger partial charge in [0.2, 0.25) is 0 Å². The van der Waals surface area contributed by atoms with Gasteiger partial charge in [0, 0.05) is 27.5 Å². The van der Waals surface area contributed by atoms with Crippen molar-refractivity contribution in [3.63, 3.8) is 0 Å². The highest BCUT2D eigenvalue weighted by Crippen LogP contribution is 2.35. The zero-order valence-electron chi connectivity index (χ0n) is 29.0. The van der Waals surface area contributed by atoms with Crippen molar-refractivity contribution >= 4 is 88.5 Å². The summed E-state index contributed by atoms with van der Waals surface area (Å²) >= 11 is 0. The van der Waals surface area contributed by atoms with Gasteiger partial charge in [0.1, 0.15) is 50.4 Å². The SMILES string of the molecule is [B]c1c([B])c([B])c(-c2ccc(-c3ccc4oc5cc(-c6nc(-c7ccccc7)nc(-c7ccc(-c8ccccc8)cc7)n6)ccc5c4c3)cc2)c([B])c1[B]. The predicted octanol–water partition coefficient (Wildman–Crippen LogP) is 5.74. The second-order valence-corrected chi connectivity index (χ2v) is 13.2. The molecule has 0 unspecified atom stereocenters. The first-order valence-electron chi connectivity index (χ1n) is 17.4. The Balaban J connectivity index is 1.07. The maximum atomic E-state index is 6.39. The van der Waals surface area contributed by atoms with Crippen LogP contribution in [0.5, 0.6) is 0 Å². The first-order chi connectivity index (χ1) is 26.3. The van der Waals surface area contributed by atoms with Gasteiger partial charge >= 0.3 is 0 Å². The van der Waals surface area contributed by atoms with E-state index in [1.54, 1.807) is 0 Å². The van der Waals surface area contributed by atoms with Crippen LogP contribution in [0.2, 0.25) is 0 Å². The molecule has 0 aliphatic carbocycles. The van der Waals surface area contributed by atoms with Crippen LogP contribution in [0.4, 0.5) is 0 Å². The average molecular weight is 677 g/mol. The Labute approximate surface area is 319 Å². The Kier molecular flexibility index (Phi) is 8.43. The fraction of sp³-hybridized carbons (Fsp3) is 0. The van der Waals surface area contributed by atoms with Gasteiger partial charge in [0.05, 0.1) is 0 Å². The molecule has 9 heteroatoms. The average Bonchev–Trinajstić information content (AvgIpc) is 3.60. The van der Waals surface area contributed by atoms with E-state index >= 15 is 0 Å². The molecule has 54 heavy (non-hydrogen) atoms. The zero-order valence-corrected chi connectivity index (χ0v) is 29.0. The summed E-state index contributed by atoms with van der Waals surface area (Å²) in [6.07, 6.45) is 0. The van der Waals surface area contributed by atoms with Crippen molar-refractivity contribution in [2.45, 2.75) is 0 Å². The minimum atomic E-state index is 0.193. The highest BCUT2D eigenvalue weighted by atomic mass is 16.3. The number of hydrogen-bond acceptors (Lipinski definition) is 4. The highest BCUT2D eigenvalue weighted by molar-refractivity contribution is 6.68. The number of rotatable bonds is 6. The number of benzene rings is 7. The van der Waals surface area contributed by atoms with E-state index in [0.29, 0.717) is 34.0 Å². The third-order valence-electron chi connectivity index (χ3n) is 9.85. The van der Waals surface area contributed by atoms with Crippen LogP contribution in [0.3, 0.4) is 0 Å². The summed E-state index contributed by atoms with van der Waals surface area (Å²) in [4.78, 5) is 14.8. The number of nitrogens with zero attached hydrogens (tertiary/aromatic N) is 3. The van der Waals surface area contributed by atoms with Crippen molar-refractivity contribution in [1.82, 2.24) is 15.0 Å². The highest BCUT2D eigenvalue weighted by Gasteiger charge is 2.16. The smallest absolute Gasteiger partial charge is 0.164 e. The molecule has 0 N–H and O–H groups in total. The molecule has 240 valence electrons. The first-order valence-corrected chi connectivity index (χ1v) is 17.4. The van der Waals surface area contributed by atoms with Crippen molar-refractivity contribution in [2.24, 2.45) is 0 Å². The molecule has 0 aliphatic heterocycles. The molecule has 0 atom stereocenters. The van der Waals surface area contributed by atoms with Gasteiger partial charge in [-0.3, -0.25) is 0 Å². The second kappa shape index (κ2) is 13.6. The number of hydrogen-bond donors (Lipinski definition) is 0. The molecule has 0 saturated carbocycles. The van der Waals surface area contributed by atoms with Crippen LogP contribution < -0.4 is 27.3 Å². The van der Waals surface area contributed by atoms with Gasteiger partial charge in [0.25, 0.3) is 0 Å². The summed E-state index contributed by atoms with van der Waals surface area (Å²) in [7, 11) is 30.9. The summed E-state index contributed by atoms with van der Waals surface area (Å²) in [5.41, 5.74) is 11.0. The van der Waals surface area contributed by atoms with Crippen LogP contribution >= 0.6 is 0 Å². The molecule has 9 rings (SSSR count). The molecule has 0 bridgehead atoms. The van der Waals surface area contributed by atoms with Gasteiger partial charge in [-0.1, -0.05) is 132 Å². The standard InChI is InChI=1S/C45H24B5N3O/c46-38-37(39(47)41(49)42(50)40(38)48)28-15-11-27(12-16-28)31-20-22-35-34(23-31)33-21-19-32(24-36(33)54-35)45-52-43(29-9-5-2-6-10-29)51-44(53-45)30-17-13-26(14-18-30)25-7-3-1-4-8-25/h1-24H. The minimum absolute atomic E-state index is 0.193. The second-order valence-electron chi connectivity index (χ2n) is 13.2. The van der Waals surface area contributed by atoms with Gasteiger partial charge in [-0.2, -0.15) is 0 Å². The number of fused-ring (bicyclic) bond motifs is 3. The first kappa shape index (κ1) is 33.5. The summed E-state index contributed by atoms with van der Waals surface area (Å²) in [5, 5.41) is 1.97. The van der Waals surface area contributed by atoms with Crippen molar-refractivity contribution in [3.8, 4) is 67.5 Å². The molecule has 7 aromatic carbocycles. The molecular weight excluding hydrogens is 653 g/mol. The van der Waals surface area contributed by atoms with E-state index in [1.165, 1.54) is 0 Å². The molecule has 2 aromatic heterocycles. The predicted molar refractivity (Wildman–Crippen MR) is 227 cm³/mol. The summed E-state index contributed by atoms with van der Waals surface area (Å²) in [6, 6.07) is 48.7. The summed E-state index contributed by atoms with van der Waals surface area (Å²) in [6.45, 7) is 0. The lowest BCUT2D eigenvalue weighted by Crippen LogP contribution is -2.55. The quantitative estimate of drug-likeness (QED) is 0.211. The molecule has 0 saturated heterocycles. The molecule has 4 nitrogen and oxygen atoms in total. The lowest BCUT2D eigenvalue weighted by molar-refractivity contribution is 0.669. The lowest BCUT2D eigenvalue weighted by atomic mass is 9.59. The van der Waals surface area contributed by atoms with Crippen molar-refractivity contribution in [1.29, 1.82) is 0 Å². The zero-order chi connectivity index (χ0) is 36.9. The fourth-order valence-corrected chi connectivity index (χ4v) is 6.88. The van der Waals surface area contributed by atoms with Crippen LogP contribution in [-0.2, 0) is 0 Å². The summed E-state index contributed by atoms with van der Waals surface area (Å²) < 4.78 is 6.39. The molecule has 0 fully saturated rings. The Hall–Kier alpha value is -6.33. The third-order valence-corrected chi connectivity index (χ3v) is 9.85. The van der Waals surface area contributed by atoms with Crippen molar-refractivity contribution in [2.75, 3.05) is 0 Å². The van der Waals surface area contributed by atoms with Crippen LogP contribution in [0.25, 0.3) is 89.5 Å². The van der Waals surface area contributed by atoms with Crippen LogP contribution in [0, 0.1) is 0 Å². The van der Waals surface area contributed by atoms with Gasteiger partial charge in [-0.15, -0.1) is 16.4 Å². The summed E-state index contributed by atoms with van der Waals surface area (Å²) in [5.74, 6) is 1.74. The van der Waals surface area contributed by atoms with Gasteiger partial charge in [-0.25, -0.2) is 15.0 Å². The van der Waals surface area contributed by atoms with E-state index in [-0.39, 0.29) is 16.4 Å².